The SMILES string of the molecule is CN(C)C(CNC(=O)c1cccc(CS(C)(=O)=O)c1)c1ccco1. The second-order valence-corrected chi connectivity index (χ2v) is 8.12. The number of likely N-dealkylation sites (N-methyl/N-ethyl adjacent to an activating group) is 1. The molecule has 1 atom stereocenters. The Bertz CT molecular complexity index is 783. The van der Waals surface area contributed by atoms with Gasteiger partial charge in [0.15, 0.2) is 9.84 Å². The minimum absolute atomic E-state index is 0.0804. The van der Waals surface area contributed by atoms with Gasteiger partial charge in [0.25, 0.3) is 5.91 Å². The number of amides is 1. The maximum Gasteiger partial charge on any atom is 0.251 e. The highest BCUT2D eigenvalue weighted by Gasteiger charge is 2.18. The van der Waals surface area contributed by atoms with Gasteiger partial charge < -0.3 is 9.73 Å². The molecule has 0 aliphatic carbocycles. The number of furan rings is 1. The predicted molar refractivity (Wildman–Crippen MR) is 92.5 cm³/mol. The molecule has 0 aliphatic rings. The van der Waals surface area contributed by atoms with Crippen LogP contribution in [0.3, 0.4) is 0 Å². The highest BCUT2D eigenvalue weighted by Crippen LogP contribution is 2.18. The van der Waals surface area contributed by atoms with E-state index in [4.69, 9.17) is 4.42 Å². The van der Waals surface area contributed by atoms with E-state index in [0.717, 1.165) is 5.76 Å². The average Bonchev–Trinajstić information content (AvgIpc) is 2.99. The van der Waals surface area contributed by atoms with Gasteiger partial charge in [0.05, 0.1) is 18.1 Å². The summed E-state index contributed by atoms with van der Waals surface area (Å²) in [6.45, 7) is 0.385. The molecule has 1 amide bonds. The molecule has 1 unspecified atom stereocenters. The van der Waals surface area contributed by atoms with Crippen LogP contribution < -0.4 is 5.32 Å². The predicted octanol–water partition coefficient (Wildman–Crippen LogP) is 1.86. The third-order valence-electron chi connectivity index (χ3n) is 3.57. The van der Waals surface area contributed by atoms with Crippen LogP contribution in [0.1, 0.15) is 27.7 Å². The van der Waals surface area contributed by atoms with Crippen LogP contribution >= 0.6 is 0 Å². The van der Waals surface area contributed by atoms with E-state index in [9.17, 15) is 13.2 Å². The van der Waals surface area contributed by atoms with E-state index in [2.05, 4.69) is 5.32 Å². The number of hydrogen-bond acceptors (Lipinski definition) is 5. The summed E-state index contributed by atoms with van der Waals surface area (Å²) in [5, 5.41) is 2.87. The monoisotopic (exact) mass is 350 g/mol. The van der Waals surface area contributed by atoms with Crippen molar-refractivity contribution in [1.82, 2.24) is 10.2 Å². The molecule has 0 saturated carbocycles. The van der Waals surface area contributed by atoms with Gasteiger partial charge in [0.1, 0.15) is 5.76 Å². The van der Waals surface area contributed by atoms with E-state index in [1.54, 1.807) is 30.5 Å². The Morgan fingerprint density at radius 2 is 2.00 bits per heavy atom. The summed E-state index contributed by atoms with van der Waals surface area (Å²) in [4.78, 5) is 14.3. The molecule has 1 aromatic heterocycles. The van der Waals surface area contributed by atoms with E-state index in [1.807, 2.05) is 31.1 Å². The van der Waals surface area contributed by atoms with Gasteiger partial charge in [0.2, 0.25) is 0 Å². The van der Waals surface area contributed by atoms with Crippen LogP contribution in [0.5, 0.6) is 0 Å². The molecule has 6 nitrogen and oxygen atoms in total. The largest absolute Gasteiger partial charge is 0.468 e. The van der Waals surface area contributed by atoms with Crippen molar-refractivity contribution in [1.29, 1.82) is 0 Å². The van der Waals surface area contributed by atoms with E-state index >= 15 is 0 Å². The normalized spacial score (nSPS) is 13.0. The molecule has 2 aromatic rings. The van der Waals surface area contributed by atoms with Crippen molar-refractivity contribution in [3.05, 3.63) is 59.5 Å². The van der Waals surface area contributed by atoms with E-state index in [0.29, 0.717) is 17.7 Å². The fourth-order valence-electron chi connectivity index (χ4n) is 2.42. The van der Waals surface area contributed by atoms with Crippen LogP contribution in [0.15, 0.2) is 47.1 Å². The number of sulfone groups is 1. The summed E-state index contributed by atoms with van der Waals surface area (Å²) >= 11 is 0. The van der Waals surface area contributed by atoms with Gasteiger partial charge in [-0.25, -0.2) is 8.42 Å². The summed E-state index contributed by atoms with van der Waals surface area (Å²) in [6.07, 6.45) is 2.77. The van der Waals surface area contributed by atoms with Gasteiger partial charge in [-0.2, -0.15) is 0 Å². The Kier molecular flexibility index (Phi) is 5.80. The van der Waals surface area contributed by atoms with Crippen LogP contribution in [0.2, 0.25) is 0 Å². The third kappa shape index (κ3) is 5.21. The average molecular weight is 350 g/mol. The Labute approximate surface area is 142 Å². The van der Waals surface area contributed by atoms with Crippen LogP contribution in [0, 0.1) is 0 Å². The lowest BCUT2D eigenvalue weighted by Crippen LogP contribution is -2.34. The quantitative estimate of drug-likeness (QED) is 0.824. The van der Waals surface area contributed by atoms with Crippen LogP contribution in [-0.4, -0.2) is 46.1 Å². The van der Waals surface area contributed by atoms with E-state index in [1.165, 1.54) is 6.26 Å². The van der Waals surface area contributed by atoms with Crippen LogP contribution in [0.25, 0.3) is 0 Å². The molecule has 0 spiro atoms. The standard InChI is InChI=1S/C17H22N2O4S/c1-19(2)15(16-8-5-9-23-16)11-18-17(20)14-7-4-6-13(10-14)12-24(3,21)22/h4-10,15H,11-12H2,1-3H3,(H,18,20). The highest BCUT2D eigenvalue weighted by molar-refractivity contribution is 7.89. The summed E-state index contributed by atoms with van der Waals surface area (Å²) in [6, 6.07) is 10.2. The minimum atomic E-state index is -3.14. The van der Waals surface area contributed by atoms with Gasteiger partial charge >= 0.3 is 0 Å². The molecule has 0 radical (unpaired) electrons. The Balaban J connectivity index is 2.05. The van der Waals surface area contributed by atoms with Crippen molar-refractivity contribution in [3.63, 3.8) is 0 Å². The van der Waals surface area contributed by atoms with Gasteiger partial charge in [0, 0.05) is 18.4 Å². The molecule has 1 N–H and O–H groups in total. The number of nitrogens with one attached hydrogen (secondary N) is 1. The molecule has 0 saturated heterocycles. The zero-order valence-electron chi connectivity index (χ0n) is 14.0. The highest BCUT2D eigenvalue weighted by atomic mass is 32.2. The first-order chi connectivity index (χ1) is 11.3. The molecule has 0 bridgehead atoms. The first-order valence-electron chi connectivity index (χ1n) is 7.51. The molecule has 1 aromatic carbocycles. The van der Waals surface area contributed by atoms with E-state index < -0.39 is 9.84 Å². The second-order valence-electron chi connectivity index (χ2n) is 5.98. The maximum atomic E-state index is 12.3. The molecular formula is C17H22N2O4S. The summed E-state index contributed by atoms with van der Waals surface area (Å²) in [5.41, 5.74) is 1.04. The van der Waals surface area contributed by atoms with Gasteiger partial charge in [-0.05, 0) is 43.9 Å². The molecule has 2 rings (SSSR count). The molecule has 1 heterocycles. The zero-order valence-corrected chi connectivity index (χ0v) is 14.8. The molecule has 0 aliphatic heterocycles. The summed E-state index contributed by atoms with van der Waals surface area (Å²) in [5.74, 6) is 0.441. The minimum Gasteiger partial charge on any atom is -0.468 e. The Morgan fingerprint density at radius 3 is 2.58 bits per heavy atom. The van der Waals surface area contributed by atoms with Gasteiger partial charge in [-0.1, -0.05) is 12.1 Å². The molecule has 0 fully saturated rings. The lowest BCUT2D eigenvalue weighted by atomic mass is 10.1. The lowest BCUT2D eigenvalue weighted by Gasteiger charge is -2.22. The van der Waals surface area contributed by atoms with E-state index in [-0.39, 0.29) is 17.7 Å². The molecule has 24 heavy (non-hydrogen) atoms. The van der Waals surface area contributed by atoms with Crippen molar-refractivity contribution < 1.29 is 17.6 Å². The fraction of sp³-hybridized carbons (Fsp3) is 0.353. The Hall–Kier alpha value is -2.12. The molecule has 130 valence electrons. The van der Waals surface area contributed by atoms with Crippen molar-refractivity contribution >= 4 is 15.7 Å². The first kappa shape index (κ1) is 18.2. The fourth-order valence-corrected chi connectivity index (χ4v) is 3.20. The zero-order chi connectivity index (χ0) is 17.7. The van der Waals surface area contributed by atoms with Crippen molar-refractivity contribution in [2.45, 2.75) is 11.8 Å². The lowest BCUT2D eigenvalue weighted by molar-refractivity contribution is 0.0939. The summed E-state index contributed by atoms with van der Waals surface area (Å²) < 4.78 is 28.2. The van der Waals surface area contributed by atoms with Gasteiger partial charge in [-0.15, -0.1) is 0 Å². The van der Waals surface area contributed by atoms with Crippen LogP contribution in [-0.2, 0) is 15.6 Å². The maximum absolute atomic E-state index is 12.3. The third-order valence-corrected chi connectivity index (χ3v) is 4.43. The number of carbonyl (C=O) groups is 1. The number of hydrogen-bond donors (Lipinski definition) is 1. The first-order valence-corrected chi connectivity index (χ1v) is 9.57. The van der Waals surface area contributed by atoms with Crippen LogP contribution in [0.4, 0.5) is 0 Å². The smallest absolute Gasteiger partial charge is 0.251 e. The second kappa shape index (κ2) is 7.63. The summed E-state index contributed by atoms with van der Waals surface area (Å²) in [7, 11) is 0.681. The topological polar surface area (TPSA) is 79.6 Å². The number of carbonyl (C=O) groups excluding carboxylic acids is 1. The Morgan fingerprint density at radius 1 is 1.25 bits per heavy atom. The van der Waals surface area contributed by atoms with Crippen molar-refractivity contribution in [2.75, 3.05) is 26.9 Å². The van der Waals surface area contributed by atoms with Crippen molar-refractivity contribution in [2.24, 2.45) is 0 Å². The van der Waals surface area contributed by atoms with Crippen molar-refractivity contribution in [3.8, 4) is 0 Å². The number of rotatable bonds is 7. The molecular weight excluding hydrogens is 328 g/mol. The van der Waals surface area contributed by atoms with Gasteiger partial charge in [-0.3, -0.25) is 9.69 Å². The molecule has 7 heteroatoms. The number of nitrogens with zero attached hydrogens (tertiary/aromatic N) is 1. The number of benzene rings is 1.